The molecule has 0 fully saturated rings. The molecule has 0 saturated carbocycles. The van der Waals surface area contributed by atoms with Gasteiger partial charge in [0.15, 0.2) is 0 Å². The van der Waals surface area contributed by atoms with Gasteiger partial charge in [0.1, 0.15) is 18.1 Å². The van der Waals surface area contributed by atoms with Crippen molar-refractivity contribution < 1.29 is 14.3 Å². The van der Waals surface area contributed by atoms with Crippen molar-refractivity contribution in [2.75, 3.05) is 6.61 Å². The summed E-state index contributed by atoms with van der Waals surface area (Å²) < 4.78 is 11.0. The Morgan fingerprint density at radius 2 is 1.96 bits per heavy atom. The number of hydrazone groups is 1. The molecule has 1 amide bonds. The molecule has 0 aliphatic heterocycles. The first-order valence-corrected chi connectivity index (χ1v) is 8.02. The minimum atomic E-state index is -0.286. The number of amides is 1. The molecule has 25 heavy (non-hydrogen) atoms. The lowest BCUT2D eigenvalue weighted by atomic mass is 10.2. The van der Waals surface area contributed by atoms with Crippen LogP contribution in [0.25, 0.3) is 0 Å². The van der Waals surface area contributed by atoms with Crippen molar-refractivity contribution in [1.29, 1.82) is 0 Å². The van der Waals surface area contributed by atoms with Crippen LogP contribution < -0.4 is 14.9 Å². The maximum Gasteiger partial charge on any atom is 0.271 e. The van der Waals surface area contributed by atoms with Gasteiger partial charge in [-0.2, -0.15) is 5.10 Å². The van der Waals surface area contributed by atoms with Crippen LogP contribution in [-0.2, 0) is 0 Å². The molecule has 2 rings (SSSR count). The Bertz CT molecular complexity index is 737. The van der Waals surface area contributed by atoms with Crippen LogP contribution in [0.4, 0.5) is 0 Å². The van der Waals surface area contributed by atoms with E-state index in [0.717, 1.165) is 17.1 Å². The number of hydrogen-bond acceptors (Lipinski definition) is 4. The highest BCUT2D eigenvalue weighted by molar-refractivity contribution is 5.95. The number of nitrogens with zero attached hydrogens (tertiary/aromatic N) is 1. The average molecular weight is 338 g/mol. The van der Waals surface area contributed by atoms with Crippen molar-refractivity contribution in [2.24, 2.45) is 5.10 Å². The topological polar surface area (TPSA) is 59.9 Å². The Kier molecular flexibility index (Phi) is 6.77. The van der Waals surface area contributed by atoms with Gasteiger partial charge in [-0.15, -0.1) is 0 Å². The Balaban J connectivity index is 1.92. The second-order valence-electron chi connectivity index (χ2n) is 5.56. The predicted octanol–water partition coefficient (Wildman–Crippen LogP) is 3.80. The van der Waals surface area contributed by atoms with E-state index < -0.39 is 0 Å². The van der Waals surface area contributed by atoms with E-state index in [4.69, 9.17) is 9.47 Å². The number of rotatable bonds is 8. The molecular weight excluding hydrogens is 316 g/mol. The first kappa shape index (κ1) is 18.3. The molecule has 0 unspecified atom stereocenters. The number of carbonyl (C=O) groups is 1. The molecule has 130 valence electrons. The molecule has 0 heterocycles. The van der Waals surface area contributed by atoms with Crippen LogP contribution in [0.2, 0.25) is 0 Å². The van der Waals surface area contributed by atoms with Crippen molar-refractivity contribution >= 4 is 12.1 Å². The zero-order chi connectivity index (χ0) is 18.1. The van der Waals surface area contributed by atoms with Gasteiger partial charge >= 0.3 is 0 Å². The van der Waals surface area contributed by atoms with Crippen LogP contribution in [0.5, 0.6) is 11.5 Å². The van der Waals surface area contributed by atoms with Crippen LogP contribution in [-0.4, -0.2) is 24.8 Å². The minimum absolute atomic E-state index is 0.0931. The number of ether oxygens (including phenoxy) is 2. The van der Waals surface area contributed by atoms with E-state index in [0.29, 0.717) is 12.2 Å². The quantitative estimate of drug-likeness (QED) is 0.452. The van der Waals surface area contributed by atoms with Crippen LogP contribution in [0, 0.1) is 0 Å². The highest BCUT2D eigenvalue weighted by Gasteiger charge is 2.05. The second kappa shape index (κ2) is 9.27. The molecule has 0 saturated heterocycles. The summed E-state index contributed by atoms with van der Waals surface area (Å²) in [4.78, 5) is 12.1. The summed E-state index contributed by atoms with van der Waals surface area (Å²) in [7, 11) is 0. The molecule has 0 spiro atoms. The van der Waals surface area contributed by atoms with Gasteiger partial charge in [0.2, 0.25) is 0 Å². The fourth-order valence-electron chi connectivity index (χ4n) is 2.03. The largest absolute Gasteiger partial charge is 0.491 e. The highest BCUT2D eigenvalue weighted by Crippen LogP contribution is 2.14. The van der Waals surface area contributed by atoms with Crippen molar-refractivity contribution in [1.82, 2.24) is 5.43 Å². The van der Waals surface area contributed by atoms with Gasteiger partial charge in [0.25, 0.3) is 5.91 Å². The Labute approximate surface area is 148 Å². The van der Waals surface area contributed by atoms with Gasteiger partial charge in [-0.1, -0.05) is 24.8 Å². The Morgan fingerprint density at radius 3 is 2.64 bits per heavy atom. The summed E-state index contributed by atoms with van der Waals surface area (Å²) in [5, 5.41) is 3.98. The Hall–Kier alpha value is -3.08. The molecule has 5 nitrogen and oxygen atoms in total. The van der Waals surface area contributed by atoms with Gasteiger partial charge in [0.05, 0.1) is 12.3 Å². The molecular formula is C20H22N2O3. The fourth-order valence-corrected chi connectivity index (χ4v) is 2.03. The van der Waals surface area contributed by atoms with Gasteiger partial charge in [0, 0.05) is 5.56 Å². The zero-order valence-corrected chi connectivity index (χ0v) is 14.4. The van der Waals surface area contributed by atoms with Crippen LogP contribution in [0.15, 0.2) is 66.3 Å². The SMILES string of the molecule is C=CCOc1cccc(/C=N\NC(=O)c2ccc(OC(C)C)cc2)c1. The van der Waals surface area contributed by atoms with E-state index in [9.17, 15) is 4.79 Å². The fraction of sp³-hybridized carbons (Fsp3) is 0.200. The van der Waals surface area contributed by atoms with E-state index in [1.54, 1.807) is 36.6 Å². The van der Waals surface area contributed by atoms with Gasteiger partial charge in [-0.05, 0) is 55.8 Å². The standard InChI is InChI=1S/C20H22N2O3/c1-4-12-24-19-7-5-6-16(13-19)14-21-22-20(23)17-8-10-18(11-9-17)25-15(2)3/h4-11,13-15H,1,12H2,2-3H3,(H,22,23)/b21-14-. The van der Waals surface area contributed by atoms with E-state index in [-0.39, 0.29) is 12.0 Å². The number of carbonyl (C=O) groups excluding carboxylic acids is 1. The maximum atomic E-state index is 12.1. The third-order valence-electron chi connectivity index (χ3n) is 3.09. The monoisotopic (exact) mass is 338 g/mol. The zero-order valence-electron chi connectivity index (χ0n) is 14.4. The summed E-state index contributed by atoms with van der Waals surface area (Å²) >= 11 is 0. The van der Waals surface area contributed by atoms with Gasteiger partial charge < -0.3 is 9.47 Å². The molecule has 1 N–H and O–H groups in total. The molecule has 2 aromatic carbocycles. The summed E-state index contributed by atoms with van der Waals surface area (Å²) in [5.41, 5.74) is 3.84. The van der Waals surface area contributed by atoms with Crippen LogP contribution >= 0.6 is 0 Å². The third kappa shape index (κ3) is 6.14. The van der Waals surface area contributed by atoms with Crippen molar-refractivity contribution in [3.05, 3.63) is 72.3 Å². The van der Waals surface area contributed by atoms with Crippen molar-refractivity contribution in [2.45, 2.75) is 20.0 Å². The molecule has 2 aromatic rings. The second-order valence-corrected chi connectivity index (χ2v) is 5.56. The van der Waals surface area contributed by atoms with E-state index in [1.807, 2.05) is 38.1 Å². The lowest BCUT2D eigenvalue weighted by molar-refractivity contribution is 0.0955. The number of nitrogens with one attached hydrogen (secondary N) is 1. The smallest absolute Gasteiger partial charge is 0.271 e. The molecule has 0 radical (unpaired) electrons. The molecule has 0 aromatic heterocycles. The summed E-state index contributed by atoms with van der Waals surface area (Å²) in [5.74, 6) is 1.16. The average Bonchev–Trinajstić information content (AvgIpc) is 2.60. The molecule has 0 aliphatic rings. The van der Waals surface area contributed by atoms with Crippen LogP contribution in [0.1, 0.15) is 29.8 Å². The first-order valence-electron chi connectivity index (χ1n) is 8.02. The van der Waals surface area contributed by atoms with Crippen molar-refractivity contribution in [3.63, 3.8) is 0 Å². The minimum Gasteiger partial charge on any atom is -0.491 e. The van der Waals surface area contributed by atoms with E-state index >= 15 is 0 Å². The van der Waals surface area contributed by atoms with E-state index in [2.05, 4.69) is 17.1 Å². The molecule has 0 aliphatic carbocycles. The molecule has 5 heteroatoms. The van der Waals surface area contributed by atoms with E-state index in [1.165, 1.54) is 0 Å². The predicted molar refractivity (Wildman–Crippen MR) is 99.4 cm³/mol. The number of benzene rings is 2. The highest BCUT2D eigenvalue weighted by atomic mass is 16.5. The number of hydrogen-bond donors (Lipinski definition) is 1. The van der Waals surface area contributed by atoms with Gasteiger partial charge in [-0.3, -0.25) is 4.79 Å². The Morgan fingerprint density at radius 1 is 1.20 bits per heavy atom. The van der Waals surface area contributed by atoms with Crippen molar-refractivity contribution in [3.8, 4) is 11.5 Å². The molecule has 0 atom stereocenters. The maximum absolute atomic E-state index is 12.1. The lowest BCUT2D eigenvalue weighted by Crippen LogP contribution is -2.17. The molecule has 0 bridgehead atoms. The summed E-state index contributed by atoms with van der Waals surface area (Å²) in [6, 6.07) is 14.3. The summed E-state index contributed by atoms with van der Waals surface area (Å²) in [6.45, 7) is 7.95. The van der Waals surface area contributed by atoms with Gasteiger partial charge in [-0.25, -0.2) is 5.43 Å². The van der Waals surface area contributed by atoms with Crippen LogP contribution in [0.3, 0.4) is 0 Å². The first-order chi connectivity index (χ1) is 12.1. The normalized spacial score (nSPS) is 10.7. The third-order valence-corrected chi connectivity index (χ3v) is 3.09. The summed E-state index contributed by atoms with van der Waals surface area (Å²) in [6.07, 6.45) is 3.34. The lowest BCUT2D eigenvalue weighted by Gasteiger charge is -2.09.